The fraction of sp³-hybridized carbons (Fsp3) is 0.294. The maximum atomic E-state index is 12.0. The van der Waals surface area contributed by atoms with Crippen molar-refractivity contribution in [2.24, 2.45) is 0 Å². The summed E-state index contributed by atoms with van der Waals surface area (Å²) in [4.78, 5) is 19.2. The van der Waals surface area contributed by atoms with Gasteiger partial charge in [-0.2, -0.15) is 10.2 Å². The Morgan fingerprint density at radius 2 is 2.00 bits per heavy atom. The summed E-state index contributed by atoms with van der Waals surface area (Å²) in [6.45, 7) is 7.95. The number of nitrogens with zero attached hydrogens (tertiary/aromatic N) is 5. The highest BCUT2D eigenvalue weighted by Gasteiger charge is 2.08. The summed E-state index contributed by atoms with van der Waals surface area (Å²) in [6, 6.07) is 5.58. The third kappa shape index (κ3) is 3.19. The molecule has 0 aliphatic rings. The Bertz CT molecular complexity index is 944. The first kappa shape index (κ1) is 15.9. The molecule has 3 aromatic heterocycles. The van der Waals surface area contributed by atoms with E-state index in [-0.39, 0.29) is 11.6 Å². The Hall–Kier alpha value is -2.96. The van der Waals surface area contributed by atoms with Gasteiger partial charge in [0.25, 0.3) is 5.56 Å². The minimum atomic E-state index is -0.218. The number of H-pyrrole nitrogens is 1. The van der Waals surface area contributed by atoms with Crippen molar-refractivity contribution in [2.75, 3.05) is 0 Å². The lowest BCUT2D eigenvalue weighted by Crippen LogP contribution is -2.14. The number of nitrogens with one attached hydrogen (secondary N) is 1. The fourth-order valence-corrected chi connectivity index (χ4v) is 2.55. The van der Waals surface area contributed by atoms with Gasteiger partial charge in [0.15, 0.2) is 0 Å². The molecular formula is C17H20N6O. The quantitative estimate of drug-likeness (QED) is 0.799. The van der Waals surface area contributed by atoms with Crippen molar-refractivity contribution in [3.63, 3.8) is 0 Å². The second kappa shape index (κ2) is 6.27. The van der Waals surface area contributed by atoms with E-state index in [4.69, 9.17) is 0 Å². The van der Waals surface area contributed by atoms with Gasteiger partial charge in [-0.25, -0.2) is 9.67 Å². The normalized spacial score (nSPS) is 11.7. The largest absolute Gasteiger partial charge is 0.291 e. The topological polar surface area (TPSA) is 81.4 Å². The van der Waals surface area contributed by atoms with E-state index in [0.29, 0.717) is 11.6 Å². The second-order valence-corrected chi connectivity index (χ2v) is 5.96. The van der Waals surface area contributed by atoms with Gasteiger partial charge in [0.05, 0.1) is 17.1 Å². The molecule has 0 bridgehead atoms. The van der Waals surface area contributed by atoms with Crippen molar-refractivity contribution in [2.45, 2.75) is 33.7 Å². The Morgan fingerprint density at radius 3 is 2.67 bits per heavy atom. The summed E-state index contributed by atoms with van der Waals surface area (Å²) in [6.07, 6.45) is 5.46. The summed E-state index contributed by atoms with van der Waals surface area (Å²) < 4.78 is 3.54. The van der Waals surface area contributed by atoms with Crippen molar-refractivity contribution in [1.29, 1.82) is 0 Å². The number of aromatic nitrogens is 6. The van der Waals surface area contributed by atoms with Gasteiger partial charge in [-0.1, -0.05) is 0 Å². The van der Waals surface area contributed by atoms with Crippen molar-refractivity contribution in [3.8, 4) is 5.95 Å². The van der Waals surface area contributed by atoms with E-state index in [0.717, 1.165) is 17.1 Å². The van der Waals surface area contributed by atoms with Crippen LogP contribution >= 0.6 is 0 Å². The summed E-state index contributed by atoms with van der Waals surface area (Å²) in [5.74, 6) is 0.408. The number of hydrogen-bond acceptors (Lipinski definition) is 4. The predicted octanol–water partition coefficient (Wildman–Crippen LogP) is 2.52. The molecule has 7 heteroatoms. The van der Waals surface area contributed by atoms with E-state index in [1.807, 2.05) is 36.7 Å². The van der Waals surface area contributed by atoms with Crippen LogP contribution in [0.25, 0.3) is 18.1 Å². The Labute approximate surface area is 139 Å². The van der Waals surface area contributed by atoms with Gasteiger partial charge in [0, 0.05) is 24.0 Å². The van der Waals surface area contributed by atoms with Crippen LogP contribution in [0.2, 0.25) is 0 Å². The molecule has 0 aromatic carbocycles. The summed E-state index contributed by atoms with van der Waals surface area (Å²) in [5, 5.41) is 8.64. The van der Waals surface area contributed by atoms with Gasteiger partial charge < -0.3 is 0 Å². The van der Waals surface area contributed by atoms with Gasteiger partial charge in [-0.15, -0.1) is 0 Å². The number of hydrogen-bond donors (Lipinski definition) is 1. The third-order valence-electron chi connectivity index (χ3n) is 3.57. The molecular weight excluding hydrogens is 304 g/mol. The first-order valence-corrected chi connectivity index (χ1v) is 7.80. The molecule has 0 amide bonds. The Morgan fingerprint density at radius 1 is 1.21 bits per heavy atom. The van der Waals surface area contributed by atoms with Crippen LogP contribution in [-0.2, 0) is 0 Å². The minimum absolute atomic E-state index is 0.218. The van der Waals surface area contributed by atoms with E-state index in [2.05, 4.69) is 34.0 Å². The van der Waals surface area contributed by atoms with E-state index in [9.17, 15) is 4.79 Å². The molecule has 0 aliphatic heterocycles. The average molecular weight is 324 g/mol. The zero-order chi connectivity index (χ0) is 17.3. The van der Waals surface area contributed by atoms with Crippen LogP contribution in [0.4, 0.5) is 0 Å². The predicted molar refractivity (Wildman–Crippen MR) is 93.0 cm³/mol. The Kier molecular flexibility index (Phi) is 4.16. The summed E-state index contributed by atoms with van der Waals surface area (Å²) in [7, 11) is 0. The smallest absolute Gasteiger partial charge is 0.252 e. The maximum Gasteiger partial charge on any atom is 0.252 e. The van der Waals surface area contributed by atoms with Gasteiger partial charge in [0.2, 0.25) is 5.95 Å². The third-order valence-corrected chi connectivity index (χ3v) is 3.57. The monoisotopic (exact) mass is 324 g/mol. The summed E-state index contributed by atoms with van der Waals surface area (Å²) in [5.41, 5.74) is 3.09. The average Bonchev–Trinajstić information content (AvgIpc) is 3.10. The molecule has 0 spiro atoms. The van der Waals surface area contributed by atoms with Crippen LogP contribution in [0, 0.1) is 13.8 Å². The molecule has 0 unspecified atom stereocenters. The molecule has 0 radical (unpaired) electrons. The van der Waals surface area contributed by atoms with Gasteiger partial charge in [0.1, 0.15) is 0 Å². The zero-order valence-electron chi connectivity index (χ0n) is 14.2. The lowest BCUT2D eigenvalue weighted by atomic mass is 10.3. The van der Waals surface area contributed by atoms with Crippen molar-refractivity contribution >= 4 is 12.2 Å². The zero-order valence-corrected chi connectivity index (χ0v) is 14.2. The highest BCUT2D eigenvalue weighted by molar-refractivity contribution is 5.66. The van der Waals surface area contributed by atoms with Gasteiger partial charge in [-0.05, 0) is 52.0 Å². The van der Waals surface area contributed by atoms with Crippen LogP contribution in [0.15, 0.2) is 29.2 Å². The lowest BCUT2D eigenvalue weighted by Gasteiger charge is -2.07. The van der Waals surface area contributed by atoms with Crippen LogP contribution in [0.1, 0.15) is 42.7 Å². The van der Waals surface area contributed by atoms with Gasteiger partial charge >= 0.3 is 0 Å². The molecule has 24 heavy (non-hydrogen) atoms. The maximum absolute atomic E-state index is 12.0. The number of aryl methyl sites for hydroxylation is 2. The molecule has 3 aromatic rings. The van der Waals surface area contributed by atoms with E-state index < -0.39 is 0 Å². The molecule has 3 heterocycles. The second-order valence-electron chi connectivity index (χ2n) is 5.96. The summed E-state index contributed by atoms with van der Waals surface area (Å²) >= 11 is 0. The van der Waals surface area contributed by atoms with Crippen LogP contribution < -0.4 is 5.56 Å². The van der Waals surface area contributed by atoms with Crippen molar-refractivity contribution in [1.82, 2.24) is 29.5 Å². The molecule has 7 nitrogen and oxygen atoms in total. The Balaban J connectivity index is 1.97. The highest BCUT2D eigenvalue weighted by Crippen LogP contribution is 2.12. The number of aromatic amines is 1. The molecule has 0 saturated carbocycles. The van der Waals surface area contributed by atoms with E-state index in [1.165, 1.54) is 6.07 Å². The van der Waals surface area contributed by atoms with Crippen LogP contribution in [0.3, 0.4) is 0 Å². The molecule has 0 atom stereocenters. The van der Waals surface area contributed by atoms with E-state index in [1.54, 1.807) is 17.0 Å². The fourth-order valence-electron chi connectivity index (χ4n) is 2.55. The molecule has 1 N–H and O–H groups in total. The van der Waals surface area contributed by atoms with E-state index >= 15 is 0 Å². The lowest BCUT2D eigenvalue weighted by molar-refractivity contribution is 0.528. The first-order chi connectivity index (χ1) is 11.4. The SMILES string of the molecule is Cc1cc(C)n(-c2nc(/C=C/c3ccnn3C(C)C)cc(=O)[nH]2)n1. The molecule has 0 fully saturated rings. The standard InChI is InChI=1S/C17H20N6O/c1-11(2)22-15(7-8-18-22)6-5-14-10-16(24)20-17(19-14)23-13(4)9-12(3)21-23/h5-11H,1-4H3,(H,19,20,24)/b6-5+. The molecule has 0 aliphatic carbocycles. The first-order valence-electron chi connectivity index (χ1n) is 7.80. The van der Waals surface area contributed by atoms with Crippen molar-refractivity contribution < 1.29 is 0 Å². The molecule has 124 valence electrons. The van der Waals surface area contributed by atoms with Crippen molar-refractivity contribution in [3.05, 3.63) is 57.5 Å². The molecule has 3 rings (SSSR count). The van der Waals surface area contributed by atoms with Crippen LogP contribution in [0.5, 0.6) is 0 Å². The molecule has 0 saturated heterocycles. The minimum Gasteiger partial charge on any atom is -0.291 e. The van der Waals surface area contributed by atoms with Crippen LogP contribution in [-0.4, -0.2) is 29.5 Å². The van der Waals surface area contributed by atoms with Gasteiger partial charge in [-0.3, -0.25) is 14.5 Å². The number of rotatable bonds is 4. The highest BCUT2D eigenvalue weighted by atomic mass is 16.1.